The highest BCUT2D eigenvalue weighted by molar-refractivity contribution is 5.93. The van der Waals surface area contributed by atoms with Crippen LogP contribution >= 0.6 is 0 Å². The molecule has 0 unspecified atom stereocenters. The third-order valence-electron chi connectivity index (χ3n) is 1.33. The van der Waals surface area contributed by atoms with Crippen LogP contribution in [0.1, 0.15) is 15.9 Å². The van der Waals surface area contributed by atoms with Crippen LogP contribution in [0.5, 0.6) is 5.75 Å². The minimum Gasteiger partial charge on any atom is -0.508 e. The van der Waals surface area contributed by atoms with Crippen LogP contribution in [0, 0.1) is 11.3 Å². The molecular formula is C8H6N2O2. The molecule has 0 saturated heterocycles. The molecule has 0 spiro atoms. The molecule has 60 valence electrons. The van der Waals surface area contributed by atoms with E-state index in [2.05, 4.69) is 0 Å². The van der Waals surface area contributed by atoms with Crippen LogP contribution in [-0.4, -0.2) is 11.0 Å². The molecule has 3 N–H and O–H groups in total. The smallest absolute Gasteiger partial charge is 0.248 e. The van der Waals surface area contributed by atoms with E-state index < -0.39 is 5.91 Å². The van der Waals surface area contributed by atoms with Gasteiger partial charge in [0.05, 0.1) is 11.6 Å². The molecule has 0 aliphatic rings. The van der Waals surface area contributed by atoms with Crippen LogP contribution in [0.15, 0.2) is 18.2 Å². The standard InChI is InChI=1S/C8H6N2O2/c9-4-5-1-6(8(10)12)3-7(11)2-5/h1-3,11H,(H2,10,12). The van der Waals surface area contributed by atoms with Crippen molar-refractivity contribution in [1.82, 2.24) is 0 Å². The Bertz CT molecular complexity index is 366. The molecule has 0 saturated carbocycles. The van der Waals surface area contributed by atoms with E-state index in [-0.39, 0.29) is 16.9 Å². The second kappa shape index (κ2) is 2.93. The SMILES string of the molecule is N#Cc1cc(O)cc(C(N)=O)c1. The van der Waals surface area contributed by atoms with Crippen molar-refractivity contribution in [3.63, 3.8) is 0 Å². The molecule has 4 nitrogen and oxygen atoms in total. The van der Waals surface area contributed by atoms with Gasteiger partial charge in [-0.1, -0.05) is 0 Å². The maximum absolute atomic E-state index is 10.6. The first-order chi connectivity index (χ1) is 5.63. The molecule has 0 bridgehead atoms. The number of nitrogens with two attached hydrogens (primary N) is 1. The number of phenolic OH excluding ortho intramolecular Hbond substituents is 1. The molecular weight excluding hydrogens is 156 g/mol. The summed E-state index contributed by atoms with van der Waals surface area (Å²) < 4.78 is 0. The van der Waals surface area contributed by atoms with Crippen LogP contribution in [-0.2, 0) is 0 Å². The molecule has 0 radical (unpaired) electrons. The van der Waals surface area contributed by atoms with E-state index in [0.29, 0.717) is 0 Å². The van der Waals surface area contributed by atoms with Crippen LogP contribution in [0.4, 0.5) is 0 Å². The number of amides is 1. The Morgan fingerprint density at radius 3 is 2.67 bits per heavy atom. The summed E-state index contributed by atoms with van der Waals surface area (Å²) in [6.07, 6.45) is 0. The van der Waals surface area contributed by atoms with Gasteiger partial charge < -0.3 is 10.8 Å². The lowest BCUT2D eigenvalue weighted by Crippen LogP contribution is -2.10. The number of rotatable bonds is 1. The lowest BCUT2D eigenvalue weighted by Gasteiger charge is -1.97. The third-order valence-corrected chi connectivity index (χ3v) is 1.33. The van der Waals surface area contributed by atoms with Gasteiger partial charge in [-0.15, -0.1) is 0 Å². The number of carbonyl (C=O) groups is 1. The molecule has 0 aliphatic heterocycles. The molecule has 4 heteroatoms. The number of hydrogen-bond donors (Lipinski definition) is 2. The fourth-order valence-corrected chi connectivity index (χ4v) is 0.818. The van der Waals surface area contributed by atoms with Gasteiger partial charge >= 0.3 is 0 Å². The van der Waals surface area contributed by atoms with Gasteiger partial charge in [-0.2, -0.15) is 5.26 Å². The Morgan fingerprint density at radius 2 is 2.17 bits per heavy atom. The Kier molecular flexibility index (Phi) is 1.97. The summed E-state index contributed by atoms with van der Waals surface area (Å²) in [4.78, 5) is 10.6. The predicted molar refractivity (Wildman–Crippen MR) is 41.3 cm³/mol. The van der Waals surface area contributed by atoms with E-state index in [1.807, 2.05) is 0 Å². The summed E-state index contributed by atoms with van der Waals surface area (Å²) in [6, 6.07) is 5.58. The Hall–Kier alpha value is -2.02. The number of nitriles is 1. The van der Waals surface area contributed by atoms with Gasteiger partial charge in [0.15, 0.2) is 0 Å². The fourth-order valence-electron chi connectivity index (χ4n) is 0.818. The first-order valence-corrected chi connectivity index (χ1v) is 3.17. The summed E-state index contributed by atoms with van der Waals surface area (Å²) in [5, 5.41) is 17.5. The molecule has 0 aromatic heterocycles. The highest BCUT2D eigenvalue weighted by Gasteiger charge is 2.03. The fraction of sp³-hybridized carbons (Fsp3) is 0. The average molecular weight is 162 g/mol. The lowest BCUT2D eigenvalue weighted by atomic mass is 10.1. The number of aromatic hydroxyl groups is 1. The van der Waals surface area contributed by atoms with Gasteiger partial charge in [0.25, 0.3) is 0 Å². The Balaban J connectivity index is 3.26. The normalized spacial score (nSPS) is 8.92. The Morgan fingerprint density at radius 1 is 1.50 bits per heavy atom. The first kappa shape index (κ1) is 8.08. The van der Waals surface area contributed by atoms with E-state index in [9.17, 15) is 4.79 Å². The van der Waals surface area contributed by atoms with E-state index in [0.717, 1.165) is 0 Å². The van der Waals surface area contributed by atoms with E-state index >= 15 is 0 Å². The van der Waals surface area contributed by atoms with Gasteiger partial charge in [-0.3, -0.25) is 4.79 Å². The summed E-state index contributed by atoms with van der Waals surface area (Å²) >= 11 is 0. The second-order valence-corrected chi connectivity index (χ2v) is 2.24. The minimum atomic E-state index is -0.664. The molecule has 0 aliphatic carbocycles. The van der Waals surface area contributed by atoms with Crippen molar-refractivity contribution in [3.8, 4) is 11.8 Å². The van der Waals surface area contributed by atoms with Crippen molar-refractivity contribution in [2.75, 3.05) is 0 Å². The number of benzene rings is 1. The van der Waals surface area contributed by atoms with E-state index in [4.69, 9.17) is 16.1 Å². The number of primary amides is 1. The van der Waals surface area contributed by atoms with Gasteiger partial charge in [0.2, 0.25) is 5.91 Å². The predicted octanol–water partition coefficient (Wildman–Crippen LogP) is 0.363. The zero-order valence-electron chi connectivity index (χ0n) is 6.11. The summed E-state index contributed by atoms with van der Waals surface area (Å²) in [5.74, 6) is -0.801. The van der Waals surface area contributed by atoms with E-state index in [1.165, 1.54) is 18.2 Å². The van der Waals surface area contributed by atoms with E-state index in [1.54, 1.807) is 6.07 Å². The van der Waals surface area contributed by atoms with Crippen molar-refractivity contribution in [2.45, 2.75) is 0 Å². The second-order valence-electron chi connectivity index (χ2n) is 2.24. The maximum atomic E-state index is 10.6. The molecule has 0 fully saturated rings. The molecule has 0 atom stereocenters. The van der Waals surface area contributed by atoms with Gasteiger partial charge in [0.1, 0.15) is 5.75 Å². The Labute approximate surface area is 68.8 Å². The molecule has 1 amide bonds. The number of carbonyl (C=O) groups excluding carboxylic acids is 1. The average Bonchev–Trinajstić information content (AvgIpc) is 2.03. The van der Waals surface area contributed by atoms with Crippen molar-refractivity contribution >= 4 is 5.91 Å². The molecule has 12 heavy (non-hydrogen) atoms. The largest absolute Gasteiger partial charge is 0.508 e. The van der Waals surface area contributed by atoms with Gasteiger partial charge in [0, 0.05) is 5.56 Å². The topological polar surface area (TPSA) is 87.1 Å². The number of hydrogen-bond acceptors (Lipinski definition) is 3. The van der Waals surface area contributed by atoms with Crippen LogP contribution in [0.25, 0.3) is 0 Å². The summed E-state index contributed by atoms with van der Waals surface area (Å²) in [6.45, 7) is 0. The van der Waals surface area contributed by atoms with Crippen molar-refractivity contribution < 1.29 is 9.90 Å². The van der Waals surface area contributed by atoms with Crippen LogP contribution in [0.2, 0.25) is 0 Å². The summed E-state index contributed by atoms with van der Waals surface area (Å²) in [7, 11) is 0. The molecule has 0 heterocycles. The first-order valence-electron chi connectivity index (χ1n) is 3.17. The summed E-state index contributed by atoms with van der Waals surface area (Å²) in [5.41, 5.74) is 5.29. The van der Waals surface area contributed by atoms with Crippen molar-refractivity contribution in [3.05, 3.63) is 29.3 Å². The zero-order valence-corrected chi connectivity index (χ0v) is 6.11. The van der Waals surface area contributed by atoms with Crippen molar-refractivity contribution in [2.24, 2.45) is 5.73 Å². The quantitative estimate of drug-likeness (QED) is 0.625. The molecule has 1 aromatic carbocycles. The number of phenols is 1. The van der Waals surface area contributed by atoms with Crippen molar-refractivity contribution in [1.29, 1.82) is 5.26 Å². The lowest BCUT2D eigenvalue weighted by molar-refractivity contribution is 0.1000. The third kappa shape index (κ3) is 1.52. The zero-order chi connectivity index (χ0) is 9.14. The minimum absolute atomic E-state index is 0.131. The highest BCUT2D eigenvalue weighted by Crippen LogP contribution is 2.14. The van der Waals surface area contributed by atoms with Gasteiger partial charge in [-0.05, 0) is 18.2 Å². The number of nitrogens with zero attached hydrogens (tertiary/aromatic N) is 1. The van der Waals surface area contributed by atoms with Gasteiger partial charge in [-0.25, -0.2) is 0 Å². The maximum Gasteiger partial charge on any atom is 0.248 e. The van der Waals surface area contributed by atoms with Crippen LogP contribution < -0.4 is 5.73 Å². The molecule has 1 aromatic rings. The molecule has 1 rings (SSSR count). The monoisotopic (exact) mass is 162 g/mol. The highest BCUT2D eigenvalue weighted by atomic mass is 16.3. The van der Waals surface area contributed by atoms with Crippen LogP contribution in [0.3, 0.4) is 0 Å².